The van der Waals surface area contributed by atoms with Gasteiger partial charge in [0.1, 0.15) is 12.6 Å². The van der Waals surface area contributed by atoms with Crippen LogP contribution in [0.15, 0.2) is 12.7 Å². The normalized spacial score (nSPS) is 11.4. The number of rotatable bonds is 9. The Balaban J connectivity index is 3.68. The molecule has 1 amide bonds. The van der Waals surface area contributed by atoms with E-state index in [1.54, 1.807) is 6.92 Å². The highest BCUT2D eigenvalue weighted by Gasteiger charge is 2.17. The predicted molar refractivity (Wildman–Crippen MR) is 69.2 cm³/mol. The lowest BCUT2D eigenvalue weighted by atomic mass is 10.2. The molecule has 104 valence electrons. The summed E-state index contributed by atoms with van der Waals surface area (Å²) in [5.41, 5.74) is 0. The molecule has 0 aliphatic heterocycles. The fourth-order valence-electron chi connectivity index (χ4n) is 1.24. The number of alkyl carbamates (subject to hydrolysis) is 1. The van der Waals surface area contributed by atoms with E-state index in [4.69, 9.17) is 9.47 Å². The SMILES string of the molecule is C=CCOC(=O)NC(C)C(=O)OCCCCCC. The fourth-order valence-corrected chi connectivity index (χ4v) is 1.24. The van der Waals surface area contributed by atoms with Crippen LogP contribution in [-0.2, 0) is 14.3 Å². The van der Waals surface area contributed by atoms with Crippen LogP contribution in [0.4, 0.5) is 4.79 Å². The van der Waals surface area contributed by atoms with Crippen molar-refractivity contribution < 1.29 is 19.1 Å². The van der Waals surface area contributed by atoms with Crippen LogP contribution in [0.2, 0.25) is 0 Å². The van der Waals surface area contributed by atoms with E-state index in [-0.39, 0.29) is 6.61 Å². The van der Waals surface area contributed by atoms with Crippen LogP contribution in [0.5, 0.6) is 0 Å². The first kappa shape index (κ1) is 16.5. The van der Waals surface area contributed by atoms with Gasteiger partial charge in [0.2, 0.25) is 0 Å². The third-order valence-electron chi connectivity index (χ3n) is 2.26. The van der Waals surface area contributed by atoms with Gasteiger partial charge in [0.05, 0.1) is 6.61 Å². The number of hydrogen-bond acceptors (Lipinski definition) is 4. The molecular formula is C13H23NO4. The summed E-state index contributed by atoms with van der Waals surface area (Å²) in [5.74, 6) is -0.443. The van der Waals surface area contributed by atoms with E-state index in [1.165, 1.54) is 6.08 Å². The number of carbonyl (C=O) groups is 2. The monoisotopic (exact) mass is 257 g/mol. The zero-order valence-corrected chi connectivity index (χ0v) is 11.2. The topological polar surface area (TPSA) is 64.6 Å². The van der Waals surface area contributed by atoms with Crippen LogP contribution in [0, 0.1) is 0 Å². The van der Waals surface area contributed by atoms with Crippen molar-refractivity contribution in [2.45, 2.75) is 45.6 Å². The number of hydrogen-bond donors (Lipinski definition) is 1. The largest absolute Gasteiger partial charge is 0.464 e. The van der Waals surface area contributed by atoms with Gasteiger partial charge in [-0.05, 0) is 13.3 Å². The maximum absolute atomic E-state index is 11.5. The van der Waals surface area contributed by atoms with E-state index < -0.39 is 18.1 Å². The van der Waals surface area contributed by atoms with E-state index in [2.05, 4.69) is 18.8 Å². The highest BCUT2D eigenvalue weighted by atomic mass is 16.6. The maximum atomic E-state index is 11.5. The molecule has 0 radical (unpaired) electrons. The second kappa shape index (κ2) is 10.6. The van der Waals surface area contributed by atoms with Gasteiger partial charge in [-0.25, -0.2) is 9.59 Å². The summed E-state index contributed by atoms with van der Waals surface area (Å²) in [6.07, 6.45) is 4.99. The lowest BCUT2D eigenvalue weighted by molar-refractivity contribution is -0.145. The first-order valence-electron chi connectivity index (χ1n) is 6.32. The third kappa shape index (κ3) is 8.61. The fraction of sp³-hybridized carbons (Fsp3) is 0.692. The minimum Gasteiger partial charge on any atom is -0.464 e. The Kier molecular flexibility index (Phi) is 9.73. The van der Waals surface area contributed by atoms with Gasteiger partial charge in [0.15, 0.2) is 0 Å². The van der Waals surface area contributed by atoms with Crippen LogP contribution in [0.1, 0.15) is 39.5 Å². The molecular weight excluding hydrogens is 234 g/mol. The molecule has 0 aliphatic carbocycles. The van der Waals surface area contributed by atoms with Gasteiger partial charge in [-0.15, -0.1) is 0 Å². The van der Waals surface area contributed by atoms with Crippen LogP contribution < -0.4 is 5.32 Å². The van der Waals surface area contributed by atoms with Gasteiger partial charge in [0, 0.05) is 0 Å². The smallest absolute Gasteiger partial charge is 0.408 e. The van der Waals surface area contributed by atoms with Gasteiger partial charge >= 0.3 is 12.1 Å². The molecule has 0 saturated heterocycles. The maximum Gasteiger partial charge on any atom is 0.408 e. The van der Waals surface area contributed by atoms with Crippen molar-refractivity contribution >= 4 is 12.1 Å². The van der Waals surface area contributed by atoms with Crippen molar-refractivity contribution in [3.63, 3.8) is 0 Å². The molecule has 18 heavy (non-hydrogen) atoms. The molecule has 0 aromatic rings. The van der Waals surface area contributed by atoms with Crippen molar-refractivity contribution in [3.8, 4) is 0 Å². The number of esters is 1. The van der Waals surface area contributed by atoms with Crippen molar-refractivity contribution in [1.29, 1.82) is 0 Å². The highest BCUT2D eigenvalue weighted by molar-refractivity contribution is 5.80. The minimum absolute atomic E-state index is 0.116. The van der Waals surface area contributed by atoms with E-state index in [9.17, 15) is 9.59 Å². The number of nitrogens with one attached hydrogen (secondary N) is 1. The highest BCUT2D eigenvalue weighted by Crippen LogP contribution is 2.00. The van der Waals surface area contributed by atoms with Gasteiger partial charge in [-0.3, -0.25) is 0 Å². The van der Waals surface area contributed by atoms with Crippen LogP contribution in [0.25, 0.3) is 0 Å². The Morgan fingerprint density at radius 3 is 2.61 bits per heavy atom. The minimum atomic E-state index is -0.700. The summed E-state index contributed by atoms with van der Waals surface area (Å²) in [6.45, 7) is 7.60. The average Bonchev–Trinajstić information content (AvgIpc) is 2.35. The molecule has 0 spiro atoms. The first-order valence-corrected chi connectivity index (χ1v) is 6.32. The lowest BCUT2D eigenvalue weighted by Crippen LogP contribution is -2.40. The summed E-state index contributed by atoms with van der Waals surface area (Å²) in [7, 11) is 0. The number of carbonyl (C=O) groups excluding carboxylic acids is 2. The van der Waals surface area contributed by atoms with Gasteiger partial charge in [0.25, 0.3) is 0 Å². The lowest BCUT2D eigenvalue weighted by Gasteiger charge is -2.12. The summed E-state index contributed by atoms with van der Waals surface area (Å²) < 4.78 is 9.72. The second-order valence-electron chi connectivity index (χ2n) is 3.98. The quantitative estimate of drug-likeness (QED) is 0.391. The number of ether oxygens (including phenoxy) is 2. The van der Waals surface area contributed by atoms with Gasteiger partial charge in [-0.1, -0.05) is 38.8 Å². The van der Waals surface area contributed by atoms with Crippen molar-refractivity contribution in [2.24, 2.45) is 0 Å². The van der Waals surface area contributed by atoms with Crippen LogP contribution in [0.3, 0.4) is 0 Å². The molecule has 1 unspecified atom stereocenters. The molecule has 1 atom stereocenters. The van der Waals surface area contributed by atoms with Crippen LogP contribution >= 0.6 is 0 Å². The van der Waals surface area contributed by atoms with E-state index >= 15 is 0 Å². The molecule has 0 saturated carbocycles. The Morgan fingerprint density at radius 2 is 2.00 bits per heavy atom. The molecule has 0 bridgehead atoms. The average molecular weight is 257 g/mol. The molecule has 1 N–H and O–H groups in total. The van der Waals surface area contributed by atoms with E-state index in [1.807, 2.05) is 0 Å². The molecule has 0 rings (SSSR count). The summed E-state index contributed by atoms with van der Waals surface area (Å²) >= 11 is 0. The molecule has 0 heterocycles. The number of unbranched alkanes of at least 4 members (excludes halogenated alkanes) is 3. The third-order valence-corrected chi connectivity index (χ3v) is 2.26. The first-order chi connectivity index (χ1) is 8.61. The zero-order chi connectivity index (χ0) is 13.8. The van der Waals surface area contributed by atoms with E-state index in [0.29, 0.717) is 6.61 Å². The molecule has 5 nitrogen and oxygen atoms in total. The Hall–Kier alpha value is -1.52. The Bertz CT molecular complexity index is 266. The van der Waals surface area contributed by atoms with Crippen molar-refractivity contribution in [1.82, 2.24) is 5.32 Å². The molecule has 0 aliphatic rings. The van der Waals surface area contributed by atoms with E-state index in [0.717, 1.165) is 25.7 Å². The second-order valence-corrected chi connectivity index (χ2v) is 3.98. The van der Waals surface area contributed by atoms with Gasteiger partial charge in [-0.2, -0.15) is 0 Å². The molecule has 0 aromatic heterocycles. The standard InChI is InChI=1S/C13H23NO4/c1-4-6-7-8-10-17-12(15)11(3)14-13(16)18-9-5-2/h5,11H,2,4,6-10H2,1,3H3,(H,14,16). The summed E-state index contributed by atoms with van der Waals surface area (Å²) in [4.78, 5) is 22.6. The molecule has 0 aromatic carbocycles. The van der Waals surface area contributed by atoms with Gasteiger partial charge < -0.3 is 14.8 Å². The summed E-state index contributed by atoms with van der Waals surface area (Å²) in [6, 6.07) is -0.700. The van der Waals surface area contributed by atoms with Crippen molar-refractivity contribution in [2.75, 3.05) is 13.2 Å². The Labute approximate surface area is 109 Å². The number of amides is 1. The molecule has 5 heteroatoms. The zero-order valence-electron chi connectivity index (χ0n) is 11.2. The predicted octanol–water partition coefficient (Wildman–Crippen LogP) is 2.41. The Morgan fingerprint density at radius 1 is 1.28 bits per heavy atom. The van der Waals surface area contributed by atoms with Crippen molar-refractivity contribution in [3.05, 3.63) is 12.7 Å². The van der Waals surface area contributed by atoms with Crippen LogP contribution in [-0.4, -0.2) is 31.3 Å². The summed E-state index contributed by atoms with van der Waals surface area (Å²) in [5, 5.41) is 2.38. The molecule has 0 fully saturated rings.